The molecule has 0 unspecified atom stereocenters. The Morgan fingerprint density at radius 1 is 1.10 bits per heavy atom. The number of benzene rings is 1. The normalized spacial score (nSPS) is 9.80. The van der Waals surface area contributed by atoms with Crippen LogP contribution in [0.15, 0.2) is 35.3 Å². The molecule has 0 spiro atoms. The summed E-state index contributed by atoms with van der Waals surface area (Å²) in [5, 5.41) is 6.45. The first-order valence-electron chi connectivity index (χ1n) is 7.01. The number of hydrogen-bond acceptors (Lipinski definition) is 2. The van der Waals surface area contributed by atoms with Crippen LogP contribution in [0, 0.1) is 0 Å². The Hall–Kier alpha value is -0.820. The van der Waals surface area contributed by atoms with E-state index in [1.807, 2.05) is 6.07 Å². The average Bonchev–Trinajstić information content (AvgIpc) is 2.40. The molecule has 0 aliphatic rings. The number of hydrogen-bond donors (Lipinski definition) is 2. The predicted molar refractivity (Wildman–Crippen MR) is 97.8 cm³/mol. The van der Waals surface area contributed by atoms with Gasteiger partial charge in [-0.1, -0.05) is 30.3 Å². The fourth-order valence-electron chi connectivity index (χ4n) is 1.82. The van der Waals surface area contributed by atoms with Crippen LogP contribution in [-0.4, -0.2) is 44.1 Å². The summed E-state index contributed by atoms with van der Waals surface area (Å²) in [6.45, 7) is 8.67. The Labute approximate surface area is 140 Å². The fourth-order valence-corrected chi connectivity index (χ4v) is 1.82. The molecule has 0 bridgehead atoms. The van der Waals surface area contributed by atoms with Crippen molar-refractivity contribution in [1.82, 2.24) is 15.5 Å². The van der Waals surface area contributed by atoms with Crippen molar-refractivity contribution in [3.63, 3.8) is 0 Å². The van der Waals surface area contributed by atoms with Gasteiger partial charge in [0.1, 0.15) is 0 Å². The van der Waals surface area contributed by atoms with Gasteiger partial charge in [0, 0.05) is 26.2 Å². The van der Waals surface area contributed by atoms with Crippen molar-refractivity contribution in [1.29, 1.82) is 0 Å². The lowest BCUT2D eigenvalue weighted by Gasteiger charge is -2.16. The van der Waals surface area contributed by atoms with Gasteiger partial charge in [0.2, 0.25) is 0 Å². The summed E-state index contributed by atoms with van der Waals surface area (Å²) >= 11 is 0. The van der Waals surface area contributed by atoms with Gasteiger partial charge in [-0.2, -0.15) is 0 Å². The Bertz CT molecular complexity index is 359. The number of rotatable bonds is 7. The van der Waals surface area contributed by atoms with Crippen molar-refractivity contribution in [3.05, 3.63) is 35.9 Å². The summed E-state index contributed by atoms with van der Waals surface area (Å²) in [5.74, 6) is 0.901. The highest BCUT2D eigenvalue weighted by atomic mass is 127. The highest BCUT2D eigenvalue weighted by Crippen LogP contribution is 2.01. The lowest BCUT2D eigenvalue weighted by Crippen LogP contribution is -2.37. The monoisotopic (exact) mass is 390 g/mol. The highest BCUT2D eigenvalue weighted by molar-refractivity contribution is 14.0. The van der Waals surface area contributed by atoms with Gasteiger partial charge in [-0.25, -0.2) is 0 Å². The molecule has 0 fully saturated rings. The molecule has 2 N–H and O–H groups in total. The van der Waals surface area contributed by atoms with E-state index in [1.54, 1.807) is 0 Å². The molecule has 20 heavy (non-hydrogen) atoms. The molecular formula is C15H27IN4. The zero-order valence-corrected chi connectivity index (χ0v) is 15.1. The van der Waals surface area contributed by atoms with Crippen molar-refractivity contribution in [2.75, 3.05) is 33.2 Å². The van der Waals surface area contributed by atoms with E-state index < -0.39 is 0 Å². The molecule has 1 aromatic carbocycles. The van der Waals surface area contributed by atoms with E-state index in [1.165, 1.54) is 5.56 Å². The third-order valence-electron chi connectivity index (χ3n) is 2.74. The number of nitrogens with one attached hydrogen (secondary N) is 2. The zero-order valence-electron chi connectivity index (χ0n) is 12.7. The molecule has 0 heterocycles. The third-order valence-corrected chi connectivity index (χ3v) is 2.74. The van der Waals surface area contributed by atoms with Crippen LogP contribution in [0.1, 0.15) is 19.4 Å². The lowest BCUT2D eigenvalue weighted by molar-refractivity contribution is 0.336. The first-order chi connectivity index (χ1) is 9.26. The first-order valence-corrected chi connectivity index (χ1v) is 7.01. The third kappa shape index (κ3) is 8.37. The quantitative estimate of drug-likeness (QED) is 0.427. The first kappa shape index (κ1) is 19.2. The summed E-state index contributed by atoms with van der Waals surface area (Å²) < 4.78 is 0. The van der Waals surface area contributed by atoms with E-state index >= 15 is 0 Å². The standard InChI is InChI=1S/C15H26N4.HI/c1-4-16-15(17-5-2)18-11-12-19(3)13-14-9-7-6-8-10-14;/h6-10H,4-5,11-13H2,1-3H3,(H2,16,17,18);1H. The minimum Gasteiger partial charge on any atom is -0.357 e. The van der Waals surface area contributed by atoms with Gasteiger partial charge in [0.05, 0.1) is 6.54 Å². The van der Waals surface area contributed by atoms with E-state index in [2.05, 4.69) is 65.7 Å². The van der Waals surface area contributed by atoms with E-state index in [0.717, 1.165) is 38.7 Å². The summed E-state index contributed by atoms with van der Waals surface area (Å²) in [6.07, 6.45) is 0. The minimum atomic E-state index is 0. The molecule has 0 radical (unpaired) electrons. The van der Waals surface area contributed by atoms with Crippen LogP contribution in [0.3, 0.4) is 0 Å². The van der Waals surface area contributed by atoms with E-state index in [0.29, 0.717) is 0 Å². The lowest BCUT2D eigenvalue weighted by atomic mass is 10.2. The van der Waals surface area contributed by atoms with E-state index in [9.17, 15) is 0 Å². The molecule has 1 aromatic rings. The van der Waals surface area contributed by atoms with Gasteiger partial charge in [-0.15, -0.1) is 24.0 Å². The number of nitrogens with zero attached hydrogens (tertiary/aromatic N) is 2. The van der Waals surface area contributed by atoms with Crippen molar-refractivity contribution >= 4 is 29.9 Å². The van der Waals surface area contributed by atoms with Gasteiger partial charge < -0.3 is 15.5 Å². The maximum Gasteiger partial charge on any atom is 0.191 e. The summed E-state index contributed by atoms with van der Waals surface area (Å²) in [4.78, 5) is 6.82. The topological polar surface area (TPSA) is 39.7 Å². The Morgan fingerprint density at radius 2 is 1.70 bits per heavy atom. The second-order valence-electron chi connectivity index (χ2n) is 4.51. The van der Waals surface area contributed by atoms with Crippen LogP contribution in [0.2, 0.25) is 0 Å². The maximum atomic E-state index is 4.54. The van der Waals surface area contributed by atoms with Crippen molar-refractivity contribution in [2.45, 2.75) is 20.4 Å². The number of aliphatic imine (C=N–C) groups is 1. The summed E-state index contributed by atoms with van der Waals surface area (Å²) in [5.41, 5.74) is 1.34. The average molecular weight is 390 g/mol. The summed E-state index contributed by atoms with van der Waals surface area (Å²) in [7, 11) is 2.13. The Kier molecular flexibility index (Phi) is 11.5. The predicted octanol–water partition coefficient (Wildman–Crippen LogP) is 2.31. The summed E-state index contributed by atoms with van der Waals surface area (Å²) in [6, 6.07) is 10.5. The van der Waals surface area contributed by atoms with Crippen LogP contribution < -0.4 is 10.6 Å². The van der Waals surface area contributed by atoms with Gasteiger partial charge in [-0.05, 0) is 26.5 Å². The highest BCUT2D eigenvalue weighted by Gasteiger charge is 2.00. The molecule has 0 aromatic heterocycles. The van der Waals surface area contributed by atoms with Gasteiger partial charge >= 0.3 is 0 Å². The number of likely N-dealkylation sites (N-methyl/N-ethyl adjacent to an activating group) is 1. The molecule has 1 rings (SSSR count). The van der Waals surface area contributed by atoms with Crippen LogP contribution in [0.5, 0.6) is 0 Å². The largest absolute Gasteiger partial charge is 0.357 e. The van der Waals surface area contributed by atoms with Crippen LogP contribution in [0.25, 0.3) is 0 Å². The second-order valence-corrected chi connectivity index (χ2v) is 4.51. The molecule has 114 valence electrons. The Morgan fingerprint density at radius 3 is 2.25 bits per heavy atom. The molecule has 0 atom stereocenters. The number of guanidine groups is 1. The second kappa shape index (κ2) is 12.0. The molecule has 0 aliphatic carbocycles. The van der Waals surface area contributed by atoms with Crippen LogP contribution in [-0.2, 0) is 6.54 Å². The molecule has 4 nitrogen and oxygen atoms in total. The molecule has 5 heteroatoms. The molecule has 0 amide bonds. The van der Waals surface area contributed by atoms with Crippen molar-refractivity contribution in [2.24, 2.45) is 4.99 Å². The van der Waals surface area contributed by atoms with Crippen molar-refractivity contribution < 1.29 is 0 Å². The van der Waals surface area contributed by atoms with Crippen molar-refractivity contribution in [3.8, 4) is 0 Å². The van der Waals surface area contributed by atoms with Crippen LogP contribution >= 0.6 is 24.0 Å². The molecule has 0 saturated heterocycles. The maximum absolute atomic E-state index is 4.54. The fraction of sp³-hybridized carbons (Fsp3) is 0.533. The molecule has 0 saturated carbocycles. The van der Waals surface area contributed by atoms with E-state index in [4.69, 9.17) is 0 Å². The Balaban J connectivity index is 0.00000361. The molecule has 0 aliphatic heterocycles. The van der Waals surface area contributed by atoms with Gasteiger partial charge in [0.15, 0.2) is 5.96 Å². The van der Waals surface area contributed by atoms with E-state index in [-0.39, 0.29) is 24.0 Å². The zero-order chi connectivity index (χ0) is 13.9. The molecular weight excluding hydrogens is 363 g/mol. The van der Waals surface area contributed by atoms with Crippen LogP contribution in [0.4, 0.5) is 0 Å². The number of halogens is 1. The van der Waals surface area contributed by atoms with Gasteiger partial charge in [-0.3, -0.25) is 4.99 Å². The van der Waals surface area contributed by atoms with Gasteiger partial charge in [0.25, 0.3) is 0 Å². The smallest absolute Gasteiger partial charge is 0.191 e. The minimum absolute atomic E-state index is 0. The SMILES string of the molecule is CCNC(=NCCN(C)Cc1ccccc1)NCC.I.